The molecule has 116 valence electrons. The highest BCUT2D eigenvalue weighted by Crippen LogP contribution is 2.29. The highest BCUT2D eigenvalue weighted by molar-refractivity contribution is 5.84. The minimum absolute atomic E-state index is 0.102. The standard InChI is InChI=1S/C13H21N5O3/c1-9-2-3-10(6-9)7-15-13(21)14-4-5-18-8-11(12(19)20)16-17-18/h8-10H,2-7H2,1H3,(H,19,20)(H2,14,15,21). The molecule has 1 fully saturated rings. The van der Waals surface area contributed by atoms with Gasteiger partial charge in [0.05, 0.1) is 12.7 Å². The zero-order chi connectivity index (χ0) is 15.2. The molecule has 8 heteroatoms. The summed E-state index contributed by atoms with van der Waals surface area (Å²) in [6, 6.07) is -0.201. The van der Waals surface area contributed by atoms with Crippen molar-refractivity contribution in [3.63, 3.8) is 0 Å². The largest absolute Gasteiger partial charge is 0.476 e. The van der Waals surface area contributed by atoms with Crippen LogP contribution in [-0.2, 0) is 6.54 Å². The Bertz CT molecular complexity index is 502. The highest BCUT2D eigenvalue weighted by Gasteiger charge is 2.21. The summed E-state index contributed by atoms with van der Waals surface area (Å²) in [7, 11) is 0. The van der Waals surface area contributed by atoms with Crippen LogP contribution in [0.5, 0.6) is 0 Å². The third kappa shape index (κ3) is 4.73. The number of amides is 2. The van der Waals surface area contributed by atoms with Crippen LogP contribution in [0.25, 0.3) is 0 Å². The number of nitrogens with one attached hydrogen (secondary N) is 2. The number of hydrogen-bond donors (Lipinski definition) is 3. The minimum Gasteiger partial charge on any atom is -0.476 e. The molecule has 3 N–H and O–H groups in total. The van der Waals surface area contributed by atoms with Gasteiger partial charge in [0, 0.05) is 13.1 Å². The van der Waals surface area contributed by atoms with E-state index >= 15 is 0 Å². The lowest BCUT2D eigenvalue weighted by Gasteiger charge is -2.12. The fourth-order valence-corrected chi connectivity index (χ4v) is 2.60. The van der Waals surface area contributed by atoms with Gasteiger partial charge in [0.1, 0.15) is 0 Å². The van der Waals surface area contributed by atoms with Gasteiger partial charge < -0.3 is 15.7 Å². The molecule has 1 aliphatic carbocycles. The maximum absolute atomic E-state index is 11.6. The lowest BCUT2D eigenvalue weighted by molar-refractivity contribution is 0.0690. The zero-order valence-corrected chi connectivity index (χ0v) is 12.1. The molecule has 0 aliphatic heterocycles. The van der Waals surface area contributed by atoms with Gasteiger partial charge in [-0.3, -0.25) is 0 Å². The first-order valence-corrected chi connectivity index (χ1v) is 7.19. The first-order chi connectivity index (χ1) is 10.0. The van der Waals surface area contributed by atoms with Crippen molar-refractivity contribution in [2.75, 3.05) is 13.1 Å². The van der Waals surface area contributed by atoms with E-state index in [0.717, 1.165) is 5.92 Å². The van der Waals surface area contributed by atoms with Crippen LogP contribution in [0, 0.1) is 11.8 Å². The van der Waals surface area contributed by atoms with Crippen molar-refractivity contribution < 1.29 is 14.7 Å². The Balaban J connectivity index is 1.61. The molecule has 8 nitrogen and oxygen atoms in total. The maximum Gasteiger partial charge on any atom is 0.358 e. The molecule has 2 amide bonds. The number of aromatic nitrogens is 3. The number of nitrogens with zero attached hydrogens (tertiary/aromatic N) is 3. The van der Waals surface area contributed by atoms with Crippen LogP contribution in [0.3, 0.4) is 0 Å². The molecular weight excluding hydrogens is 274 g/mol. The number of carbonyl (C=O) groups is 2. The molecule has 0 spiro atoms. The van der Waals surface area contributed by atoms with Gasteiger partial charge in [-0.25, -0.2) is 14.3 Å². The number of aromatic carboxylic acids is 1. The Labute approximate surface area is 122 Å². The number of rotatable bonds is 6. The average molecular weight is 295 g/mol. The van der Waals surface area contributed by atoms with E-state index in [1.54, 1.807) is 0 Å². The Morgan fingerprint density at radius 1 is 1.43 bits per heavy atom. The minimum atomic E-state index is -1.11. The van der Waals surface area contributed by atoms with Gasteiger partial charge in [0.25, 0.3) is 0 Å². The van der Waals surface area contributed by atoms with Crippen molar-refractivity contribution in [2.45, 2.75) is 32.7 Å². The van der Waals surface area contributed by atoms with Crippen molar-refractivity contribution in [1.29, 1.82) is 0 Å². The van der Waals surface area contributed by atoms with Crippen LogP contribution in [-0.4, -0.2) is 45.2 Å². The van der Waals surface area contributed by atoms with Crippen molar-refractivity contribution in [3.05, 3.63) is 11.9 Å². The van der Waals surface area contributed by atoms with Crippen LogP contribution in [0.4, 0.5) is 4.79 Å². The van der Waals surface area contributed by atoms with Crippen LogP contribution >= 0.6 is 0 Å². The summed E-state index contributed by atoms with van der Waals surface area (Å²) in [5.41, 5.74) is -0.102. The van der Waals surface area contributed by atoms with Crippen molar-refractivity contribution >= 4 is 12.0 Å². The molecule has 1 aromatic rings. The second-order valence-electron chi connectivity index (χ2n) is 5.59. The van der Waals surface area contributed by atoms with E-state index in [1.807, 2.05) is 0 Å². The van der Waals surface area contributed by atoms with Crippen LogP contribution in [0.15, 0.2) is 6.20 Å². The van der Waals surface area contributed by atoms with Gasteiger partial charge in [0.15, 0.2) is 5.69 Å². The Morgan fingerprint density at radius 3 is 2.86 bits per heavy atom. The van der Waals surface area contributed by atoms with E-state index in [1.165, 1.54) is 30.1 Å². The average Bonchev–Trinajstić information content (AvgIpc) is 3.05. The summed E-state index contributed by atoms with van der Waals surface area (Å²) < 4.78 is 1.39. The number of carboxylic acid groups (broad SMARTS) is 1. The summed E-state index contributed by atoms with van der Waals surface area (Å²) in [6.07, 6.45) is 4.93. The molecule has 1 heterocycles. The maximum atomic E-state index is 11.6. The Morgan fingerprint density at radius 2 is 2.24 bits per heavy atom. The predicted molar refractivity (Wildman–Crippen MR) is 74.9 cm³/mol. The molecule has 0 saturated heterocycles. The highest BCUT2D eigenvalue weighted by atomic mass is 16.4. The Kier molecular flexibility index (Phi) is 5.13. The molecule has 1 saturated carbocycles. The molecule has 2 unspecified atom stereocenters. The first-order valence-electron chi connectivity index (χ1n) is 7.19. The second-order valence-corrected chi connectivity index (χ2v) is 5.59. The summed E-state index contributed by atoms with van der Waals surface area (Å²) in [5.74, 6) is 0.229. The summed E-state index contributed by atoms with van der Waals surface area (Å²) in [5, 5.41) is 21.5. The summed E-state index contributed by atoms with van der Waals surface area (Å²) in [4.78, 5) is 22.3. The summed E-state index contributed by atoms with van der Waals surface area (Å²) in [6.45, 7) is 3.70. The molecular formula is C13H21N5O3. The third-order valence-corrected chi connectivity index (χ3v) is 3.74. The number of urea groups is 1. The van der Waals surface area contributed by atoms with Crippen molar-refractivity contribution in [3.8, 4) is 0 Å². The first kappa shape index (κ1) is 15.3. The second kappa shape index (κ2) is 7.05. The smallest absolute Gasteiger partial charge is 0.358 e. The summed E-state index contributed by atoms with van der Waals surface area (Å²) >= 11 is 0. The van der Waals surface area contributed by atoms with E-state index in [0.29, 0.717) is 25.6 Å². The van der Waals surface area contributed by atoms with E-state index in [4.69, 9.17) is 5.11 Å². The molecule has 1 aliphatic rings. The molecule has 0 bridgehead atoms. The van der Waals surface area contributed by atoms with E-state index in [-0.39, 0.29) is 11.7 Å². The lowest BCUT2D eigenvalue weighted by atomic mass is 10.1. The number of carbonyl (C=O) groups excluding carboxylic acids is 1. The van der Waals surface area contributed by atoms with Gasteiger partial charge in [-0.1, -0.05) is 18.6 Å². The third-order valence-electron chi connectivity index (χ3n) is 3.74. The van der Waals surface area contributed by atoms with Gasteiger partial charge in [-0.2, -0.15) is 0 Å². The molecule has 2 rings (SSSR count). The molecule has 0 radical (unpaired) electrons. The van der Waals surface area contributed by atoms with Gasteiger partial charge in [-0.05, 0) is 24.7 Å². The zero-order valence-electron chi connectivity index (χ0n) is 12.1. The van der Waals surface area contributed by atoms with Crippen LogP contribution in [0.1, 0.15) is 36.7 Å². The molecule has 2 atom stereocenters. The fraction of sp³-hybridized carbons (Fsp3) is 0.692. The number of carboxylic acids is 1. The van der Waals surface area contributed by atoms with E-state index in [9.17, 15) is 9.59 Å². The SMILES string of the molecule is CC1CCC(CNC(=O)NCCn2cc(C(=O)O)nn2)C1. The molecule has 1 aromatic heterocycles. The lowest BCUT2D eigenvalue weighted by Crippen LogP contribution is -2.39. The fourth-order valence-electron chi connectivity index (χ4n) is 2.60. The molecule has 0 aromatic carbocycles. The van der Waals surface area contributed by atoms with Gasteiger partial charge >= 0.3 is 12.0 Å². The van der Waals surface area contributed by atoms with Crippen LogP contribution in [0.2, 0.25) is 0 Å². The van der Waals surface area contributed by atoms with E-state index in [2.05, 4.69) is 27.9 Å². The van der Waals surface area contributed by atoms with Gasteiger partial charge in [0.2, 0.25) is 0 Å². The van der Waals surface area contributed by atoms with Crippen LogP contribution < -0.4 is 10.6 Å². The molecule has 21 heavy (non-hydrogen) atoms. The quantitative estimate of drug-likeness (QED) is 0.716. The predicted octanol–water partition coefficient (Wildman–Crippen LogP) is 0.712. The monoisotopic (exact) mass is 295 g/mol. The normalized spacial score (nSPS) is 21.2. The van der Waals surface area contributed by atoms with Crippen molar-refractivity contribution in [1.82, 2.24) is 25.6 Å². The Hall–Kier alpha value is -2.12. The van der Waals surface area contributed by atoms with E-state index < -0.39 is 5.97 Å². The number of hydrogen-bond acceptors (Lipinski definition) is 4. The van der Waals surface area contributed by atoms with Gasteiger partial charge in [-0.15, -0.1) is 5.10 Å². The topological polar surface area (TPSA) is 109 Å². The van der Waals surface area contributed by atoms with Crippen molar-refractivity contribution in [2.24, 2.45) is 11.8 Å².